The van der Waals surface area contributed by atoms with Gasteiger partial charge in [-0.2, -0.15) is 4.31 Å². The van der Waals surface area contributed by atoms with Crippen LogP contribution in [-0.2, 0) is 16.6 Å². The van der Waals surface area contributed by atoms with E-state index < -0.39 is 26.6 Å². The van der Waals surface area contributed by atoms with Crippen molar-refractivity contribution < 1.29 is 17.2 Å². The first-order chi connectivity index (χ1) is 9.93. The molecule has 3 rings (SSSR count). The van der Waals surface area contributed by atoms with E-state index in [1.807, 2.05) is 0 Å². The average molecular weight is 316 g/mol. The fraction of sp³-hybridized carbons (Fsp3) is 0.571. The summed E-state index contributed by atoms with van der Waals surface area (Å²) in [5.74, 6) is -2.13. The zero-order valence-corrected chi connectivity index (χ0v) is 12.4. The first kappa shape index (κ1) is 14.9. The van der Waals surface area contributed by atoms with Crippen LogP contribution in [0.2, 0.25) is 0 Å². The number of halogens is 2. The molecule has 0 atom stereocenters. The summed E-state index contributed by atoms with van der Waals surface area (Å²) in [6.45, 7) is 0.368. The summed E-state index contributed by atoms with van der Waals surface area (Å²) in [6, 6.07) is 2.02. The van der Waals surface area contributed by atoms with Gasteiger partial charge in [0.25, 0.3) is 0 Å². The second-order valence-corrected chi connectivity index (χ2v) is 7.70. The van der Waals surface area contributed by atoms with E-state index in [2.05, 4.69) is 0 Å². The molecule has 0 spiro atoms. The van der Waals surface area contributed by atoms with Crippen molar-refractivity contribution in [2.45, 2.75) is 43.2 Å². The van der Waals surface area contributed by atoms with Crippen molar-refractivity contribution >= 4 is 10.0 Å². The minimum atomic E-state index is -4.02. The van der Waals surface area contributed by atoms with Crippen molar-refractivity contribution in [2.24, 2.45) is 11.7 Å². The Hall–Kier alpha value is -1.05. The van der Waals surface area contributed by atoms with Crippen molar-refractivity contribution in [3.05, 3.63) is 29.3 Å². The van der Waals surface area contributed by atoms with E-state index in [0.29, 0.717) is 12.5 Å². The lowest BCUT2D eigenvalue weighted by Crippen LogP contribution is -2.35. The highest BCUT2D eigenvalue weighted by atomic mass is 32.2. The van der Waals surface area contributed by atoms with Gasteiger partial charge in [0, 0.05) is 19.1 Å². The number of hydrogen-bond donors (Lipinski definition) is 1. The van der Waals surface area contributed by atoms with Crippen LogP contribution in [0.25, 0.3) is 0 Å². The predicted molar refractivity (Wildman–Crippen MR) is 73.9 cm³/mol. The van der Waals surface area contributed by atoms with E-state index in [-0.39, 0.29) is 18.2 Å². The molecule has 0 saturated heterocycles. The van der Waals surface area contributed by atoms with Crippen LogP contribution < -0.4 is 5.73 Å². The largest absolute Gasteiger partial charge is 0.326 e. The van der Waals surface area contributed by atoms with Gasteiger partial charge in [-0.25, -0.2) is 17.2 Å². The standard InChI is InChI=1S/C14H18F2N2O2S/c15-12-5-10(7-17)6-13(14(12)16)21(19,20)18(11-3-4-11)8-9-1-2-9/h5-6,9,11H,1-4,7-8,17H2. The first-order valence-electron chi connectivity index (χ1n) is 7.13. The van der Waals surface area contributed by atoms with Crippen molar-refractivity contribution in [3.63, 3.8) is 0 Å². The Morgan fingerprint density at radius 1 is 1.19 bits per heavy atom. The van der Waals surface area contributed by atoms with Crippen LogP contribution >= 0.6 is 0 Å². The lowest BCUT2D eigenvalue weighted by Gasteiger charge is -2.22. The number of hydrogen-bond acceptors (Lipinski definition) is 3. The van der Waals surface area contributed by atoms with E-state index in [1.54, 1.807) is 0 Å². The summed E-state index contributed by atoms with van der Waals surface area (Å²) < 4.78 is 54.3. The summed E-state index contributed by atoms with van der Waals surface area (Å²) in [5, 5.41) is 0. The highest BCUT2D eigenvalue weighted by molar-refractivity contribution is 7.89. The molecule has 0 bridgehead atoms. The van der Waals surface area contributed by atoms with E-state index >= 15 is 0 Å². The Bertz CT molecular complexity index is 655. The van der Waals surface area contributed by atoms with Crippen molar-refractivity contribution in [2.75, 3.05) is 6.54 Å². The van der Waals surface area contributed by atoms with Crippen LogP contribution in [0.1, 0.15) is 31.2 Å². The smallest absolute Gasteiger partial charge is 0.246 e. The Morgan fingerprint density at radius 2 is 1.86 bits per heavy atom. The molecule has 0 unspecified atom stereocenters. The van der Waals surface area contributed by atoms with Gasteiger partial charge in [-0.1, -0.05) is 0 Å². The molecule has 7 heteroatoms. The van der Waals surface area contributed by atoms with Crippen LogP contribution in [0.5, 0.6) is 0 Å². The minimum Gasteiger partial charge on any atom is -0.326 e. The van der Waals surface area contributed by atoms with Gasteiger partial charge in [-0.3, -0.25) is 0 Å². The molecule has 2 N–H and O–H groups in total. The Balaban J connectivity index is 2.01. The van der Waals surface area contributed by atoms with Crippen LogP contribution in [0.15, 0.2) is 17.0 Å². The second-order valence-electron chi connectivity index (χ2n) is 5.84. The molecule has 0 heterocycles. The third kappa shape index (κ3) is 2.95. The van der Waals surface area contributed by atoms with Crippen LogP contribution in [-0.4, -0.2) is 25.3 Å². The van der Waals surface area contributed by atoms with E-state index in [9.17, 15) is 17.2 Å². The van der Waals surface area contributed by atoms with Crippen molar-refractivity contribution in [3.8, 4) is 0 Å². The molecule has 4 nitrogen and oxygen atoms in total. The molecular weight excluding hydrogens is 298 g/mol. The number of benzene rings is 1. The summed E-state index contributed by atoms with van der Waals surface area (Å²) in [5.41, 5.74) is 5.70. The summed E-state index contributed by atoms with van der Waals surface area (Å²) >= 11 is 0. The molecule has 0 radical (unpaired) electrons. The van der Waals surface area contributed by atoms with Gasteiger partial charge in [0.05, 0.1) is 0 Å². The molecule has 0 amide bonds. The number of nitrogens with two attached hydrogens (primary N) is 1. The maximum atomic E-state index is 14.0. The zero-order chi connectivity index (χ0) is 15.2. The Labute approximate surface area is 123 Å². The summed E-state index contributed by atoms with van der Waals surface area (Å²) in [6.07, 6.45) is 3.57. The molecule has 2 aliphatic rings. The van der Waals surface area contributed by atoms with Gasteiger partial charge in [0.1, 0.15) is 4.90 Å². The van der Waals surface area contributed by atoms with E-state index in [4.69, 9.17) is 5.73 Å². The summed E-state index contributed by atoms with van der Waals surface area (Å²) in [7, 11) is -4.02. The third-order valence-corrected chi connectivity index (χ3v) is 5.88. The van der Waals surface area contributed by atoms with Crippen LogP contribution in [0.4, 0.5) is 8.78 Å². The number of rotatable bonds is 6. The normalized spacial score (nSPS) is 19.2. The Kier molecular flexibility index (Phi) is 3.75. The molecule has 2 fully saturated rings. The molecule has 1 aromatic carbocycles. The topological polar surface area (TPSA) is 63.4 Å². The predicted octanol–water partition coefficient (Wildman–Crippen LogP) is 1.99. The molecule has 0 aliphatic heterocycles. The molecular formula is C14H18F2N2O2S. The summed E-state index contributed by atoms with van der Waals surface area (Å²) in [4.78, 5) is -0.587. The molecule has 21 heavy (non-hydrogen) atoms. The number of nitrogens with zero attached hydrogens (tertiary/aromatic N) is 1. The van der Waals surface area contributed by atoms with Gasteiger partial charge < -0.3 is 5.73 Å². The fourth-order valence-corrected chi connectivity index (χ4v) is 4.30. The maximum absolute atomic E-state index is 14.0. The van der Waals surface area contributed by atoms with Gasteiger partial charge in [0.2, 0.25) is 10.0 Å². The highest BCUT2D eigenvalue weighted by Crippen LogP contribution is 2.38. The molecule has 1 aromatic rings. The lowest BCUT2D eigenvalue weighted by molar-refractivity contribution is 0.383. The van der Waals surface area contributed by atoms with E-state index in [0.717, 1.165) is 37.8 Å². The third-order valence-electron chi connectivity index (χ3n) is 3.97. The zero-order valence-electron chi connectivity index (χ0n) is 11.6. The molecule has 0 aromatic heterocycles. The van der Waals surface area contributed by atoms with Gasteiger partial charge in [0.15, 0.2) is 11.6 Å². The van der Waals surface area contributed by atoms with Crippen molar-refractivity contribution in [1.82, 2.24) is 4.31 Å². The molecule has 116 valence electrons. The molecule has 2 saturated carbocycles. The first-order valence-corrected chi connectivity index (χ1v) is 8.57. The maximum Gasteiger partial charge on any atom is 0.246 e. The van der Waals surface area contributed by atoms with Crippen LogP contribution in [0, 0.1) is 17.6 Å². The highest BCUT2D eigenvalue weighted by Gasteiger charge is 2.42. The minimum absolute atomic E-state index is 0.0359. The van der Waals surface area contributed by atoms with Crippen molar-refractivity contribution in [1.29, 1.82) is 0 Å². The molecule has 2 aliphatic carbocycles. The van der Waals surface area contributed by atoms with Crippen LogP contribution in [0.3, 0.4) is 0 Å². The quantitative estimate of drug-likeness (QED) is 0.873. The van der Waals surface area contributed by atoms with Gasteiger partial charge in [-0.15, -0.1) is 0 Å². The monoisotopic (exact) mass is 316 g/mol. The van der Waals surface area contributed by atoms with E-state index in [1.165, 1.54) is 4.31 Å². The van der Waals surface area contributed by atoms with Gasteiger partial charge >= 0.3 is 0 Å². The fourth-order valence-electron chi connectivity index (χ4n) is 2.41. The number of sulfonamides is 1. The average Bonchev–Trinajstić information content (AvgIpc) is 3.31. The Morgan fingerprint density at radius 3 is 2.38 bits per heavy atom. The SMILES string of the molecule is NCc1cc(F)c(F)c(S(=O)(=O)N(CC2CC2)C2CC2)c1. The van der Waals surface area contributed by atoms with Gasteiger partial charge in [-0.05, 0) is 49.3 Å². The second kappa shape index (κ2) is 5.30. The lowest BCUT2D eigenvalue weighted by atomic mass is 10.2.